The molecule has 1 aromatic heterocycles. The molecule has 1 fully saturated rings. The van der Waals surface area contributed by atoms with Crippen LogP contribution < -0.4 is 0 Å². The number of aliphatic hydroxyl groups excluding tert-OH is 1. The Morgan fingerprint density at radius 1 is 1.62 bits per heavy atom. The van der Waals surface area contributed by atoms with Crippen LogP contribution in [-0.2, 0) is 10.0 Å². The number of nitrogens with one attached hydrogen (secondary N) is 1. The maximum atomic E-state index is 12.1. The molecule has 16 heavy (non-hydrogen) atoms. The van der Waals surface area contributed by atoms with Gasteiger partial charge in [0, 0.05) is 19.3 Å². The van der Waals surface area contributed by atoms with Gasteiger partial charge in [-0.05, 0) is 12.3 Å². The first-order chi connectivity index (χ1) is 7.51. The molecule has 0 saturated carbocycles. The van der Waals surface area contributed by atoms with Crippen molar-refractivity contribution in [2.45, 2.75) is 24.3 Å². The van der Waals surface area contributed by atoms with E-state index < -0.39 is 16.1 Å². The highest BCUT2D eigenvalue weighted by Gasteiger charge is 2.33. The van der Waals surface area contributed by atoms with Gasteiger partial charge in [0.1, 0.15) is 4.90 Å². The van der Waals surface area contributed by atoms with E-state index >= 15 is 0 Å². The summed E-state index contributed by atoms with van der Waals surface area (Å²) >= 11 is 0. The number of H-pyrrole nitrogens is 1. The molecule has 0 aromatic carbocycles. The molecule has 90 valence electrons. The molecule has 0 aliphatic carbocycles. The fourth-order valence-electron chi connectivity index (χ4n) is 1.77. The van der Waals surface area contributed by atoms with E-state index in [4.69, 9.17) is 0 Å². The fourth-order valence-corrected chi connectivity index (χ4v) is 3.15. The van der Waals surface area contributed by atoms with Gasteiger partial charge in [-0.1, -0.05) is 6.92 Å². The summed E-state index contributed by atoms with van der Waals surface area (Å²) in [5.41, 5.74) is 0. The minimum atomic E-state index is -3.50. The van der Waals surface area contributed by atoms with E-state index in [0.717, 1.165) is 0 Å². The van der Waals surface area contributed by atoms with Crippen molar-refractivity contribution in [3.05, 3.63) is 12.4 Å². The first-order valence-electron chi connectivity index (χ1n) is 5.19. The molecule has 0 amide bonds. The number of aliphatic hydroxyl groups is 1. The van der Waals surface area contributed by atoms with Crippen LogP contribution in [0.4, 0.5) is 0 Å². The Bertz CT molecular complexity index is 443. The molecular weight excluding hydrogens is 230 g/mol. The molecule has 0 bridgehead atoms. The number of β-amino-alcohol motifs (C(OH)–C–C–N with tert-alkyl or cyclic N) is 1. The van der Waals surface area contributed by atoms with Crippen LogP contribution in [-0.4, -0.2) is 47.2 Å². The third kappa shape index (κ3) is 1.98. The Morgan fingerprint density at radius 3 is 2.94 bits per heavy atom. The molecule has 0 spiro atoms. The lowest BCUT2D eigenvalue weighted by molar-refractivity contribution is 0.0605. The van der Waals surface area contributed by atoms with Crippen molar-refractivity contribution in [3.8, 4) is 0 Å². The summed E-state index contributed by atoms with van der Waals surface area (Å²) in [6.45, 7) is 2.53. The second-order valence-electron chi connectivity index (χ2n) is 4.13. The molecule has 1 aliphatic heterocycles. The first kappa shape index (κ1) is 11.6. The Hall–Kier alpha value is -0.920. The van der Waals surface area contributed by atoms with Gasteiger partial charge in [-0.25, -0.2) is 8.42 Å². The van der Waals surface area contributed by atoms with Crippen molar-refractivity contribution < 1.29 is 13.5 Å². The highest BCUT2D eigenvalue weighted by Crippen LogP contribution is 2.22. The number of hydrogen-bond acceptors (Lipinski definition) is 4. The Balaban J connectivity index is 2.20. The topological polar surface area (TPSA) is 86.3 Å². The predicted molar refractivity (Wildman–Crippen MR) is 57.1 cm³/mol. The third-order valence-electron chi connectivity index (χ3n) is 2.99. The van der Waals surface area contributed by atoms with Crippen molar-refractivity contribution in [2.24, 2.45) is 5.92 Å². The number of aromatic nitrogens is 2. The standard InChI is InChI=1S/C9H15N3O3S/c1-7-2-3-12(6-9(7)13)16(14,15)8-4-10-11-5-8/h4-5,7,9,13H,2-3,6H2,1H3,(H,10,11). The van der Waals surface area contributed by atoms with Crippen molar-refractivity contribution in [1.82, 2.24) is 14.5 Å². The molecule has 1 saturated heterocycles. The SMILES string of the molecule is CC1CCN(S(=O)(=O)c2cn[nH]c2)CC1O. The minimum absolute atomic E-state index is 0.147. The van der Waals surface area contributed by atoms with E-state index in [9.17, 15) is 13.5 Å². The van der Waals surface area contributed by atoms with Crippen molar-refractivity contribution >= 4 is 10.0 Å². The zero-order valence-electron chi connectivity index (χ0n) is 9.00. The van der Waals surface area contributed by atoms with Gasteiger partial charge in [-0.15, -0.1) is 0 Å². The van der Waals surface area contributed by atoms with Crippen LogP contribution in [0.1, 0.15) is 13.3 Å². The highest BCUT2D eigenvalue weighted by molar-refractivity contribution is 7.89. The molecular formula is C9H15N3O3S. The van der Waals surface area contributed by atoms with Gasteiger partial charge >= 0.3 is 0 Å². The third-order valence-corrected chi connectivity index (χ3v) is 4.82. The largest absolute Gasteiger partial charge is 0.391 e. The van der Waals surface area contributed by atoms with Crippen molar-refractivity contribution in [1.29, 1.82) is 0 Å². The van der Waals surface area contributed by atoms with Crippen LogP contribution in [0.2, 0.25) is 0 Å². The monoisotopic (exact) mass is 245 g/mol. The van der Waals surface area contributed by atoms with Crippen LogP contribution in [0.5, 0.6) is 0 Å². The maximum Gasteiger partial charge on any atom is 0.246 e. The summed E-state index contributed by atoms with van der Waals surface area (Å²) < 4.78 is 25.4. The van der Waals surface area contributed by atoms with Gasteiger partial charge in [-0.2, -0.15) is 9.40 Å². The number of aromatic amines is 1. The van der Waals surface area contributed by atoms with E-state index in [1.165, 1.54) is 16.7 Å². The van der Waals surface area contributed by atoms with E-state index in [0.29, 0.717) is 13.0 Å². The number of rotatable bonds is 2. The predicted octanol–water partition coefficient (Wildman–Crippen LogP) is -0.199. The van der Waals surface area contributed by atoms with Gasteiger partial charge in [0.2, 0.25) is 10.0 Å². The average Bonchev–Trinajstić information content (AvgIpc) is 2.75. The normalized spacial score (nSPS) is 28.1. The van der Waals surface area contributed by atoms with E-state index in [1.807, 2.05) is 6.92 Å². The summed E-state index contributed by atoms with van der Waals surface area (Å²) in [5, 5.41) is 15.8. The van der Waals surface area contributed by atoms with Crippen LogP contribution in [0.25, 0.3) is 0 Å². The summed E-state index contributed by atoms with van der Waals surface area (Å²) in [5.74, 6) is 0.149. The van der Waals surface area contributed by atoms with Crippen LogP contribution in [0, 0.1) is 5.92 Å². The van der Waals surface area contributed by atoms with Crippen LogP contribution in [0.3, 0.4) is 0 Å². The van der Waals surface area contributed by atoms with Crippen LogP contribution in [0.15, 0.2) is 17.3 Å². The summed E-state index contributed by atoms with van der Waals surface area (Å²) in [6.07, 6.45) is 2.72. The molecule has 2 N–H and O–H groups in total. The van der Waals surface area contributed by atoms with Gasteiger partial charge < -0.3 is 5.11 Å². The van der Waals surface area contributed by atoms with E-state index in [1.54, 1.807) is 0 Å². The zero-order valence-corrected chi connectivity index (χ0v) is 9.81. The first-order valence-corrected chi connectivity index (χ1v) is 6.63. The Labute approximate surface area is 94.3 Å². The average molecular weight is 245 g/mol. The smallest absolute Gasteiger partial charge is 0.246 e. The van der Waals surface area contributed by atoms with E-state index in [2.05, 4.69) is 10.2 Å². The second-order valence-corrected chi connectivity index (χ2v) is 6.07. The fraction of sp³-hybridized carbons (Fsp3) is 0.667. The van der Waals surface area contributed by atoms with E-state index in [-0.39, 0.29) is 17.4 Å². The van der Waals surface area contributed by atoms with Crippen LogP contribution >= 0.6 is 0 Å². The molecule has 6 nitrogen and oxygen atoms in total. The molecule has 7 heteroatoms. The lowest BCUT2D eigenvalue weighted by Gasteiger charge is -2.32. The van der Waals surface area contributed by atoms with Crippen molar-refractivity contribution in [3.63, 3.8) is 0 Å². The lowest BCUT2D eigenvalue weighted by atomic mass is 9.98. The number of hydrogen-bond donors (Lipinski definition) is 2. The highest BCUT2D eigenvalue weighted by atomic mass is 32.2. The Kier molecular flexibility index (Phi) is 3.00. The number of nitrogens with zero attached hydrogens (tertiary/aromatic N) is 2. The molecule has 2 atom stereocenters. The zero-order chi connectivity index (χ0) is 11.8. The molecule has 2 unspecified atom stereocenters. The van der Waals surface area contributed by atoms with Gasteiger partial charge in [-0.3, -0.25) is 5.10 Å². The molecule has 1 aliphatic rings. The van der Waals surface area contributed by atoms with Gasteiger partial charge in [0.25, 0.3) is 0 Å². The van der Waals surface area contributed by atoms with Gasteiger partial charge in [0.05, 0.1) is 12.3 Å². The maximum absolute atomic E-state index is 12.1. The minimum Gasteiger partial charge on any atom is -0.391 e. The molecule has 2 rings (SSSR count). The number of sulfonamides is 1. The summed E-state index contributed by atoms with van der Waals surface area (Å²) in [4.78, 5) is 0.147. The van der Waals surface area contributed by atoms with Gasteiger partial charge in [0.15, 0.2) is 0 Å². The summed E-state index contributed by atoms with van der Waals surface area (Å²) in [7, 11) is -3.50. The Morgan fingerprint density at radius 2 is 2.38 bits per heavy atom. The molecule has 1 aromatic rings. The van der Waals surface area contributed by atoms with Crippen molar-refractivity contribution in [2.75, 3.05) is 13.1 Å². The summed E-state index contributed by atoms with van der Waals surface area (Å²) in [6, 6.07) is 0. The molecule has 2 heterocycles. The lowest BCUT2D eigenvalue weighted by Crippen LogP contribution is -2.45. The number of piperidine rings is 1. The quantitative estimate of drug-likeness (QED) is 0.755. The second kappa shape index (κ2) is 4.15. The molecule has 0 radical (unpaired) electrons.